The van der Waals surface area contributed by atoms with Crippen molar-refractivity contribution in [3.05, 3.63) is 44.6 Å². The largest absolute Gasteiger partial charge is 0.458 e. The van der Waals surface area contributed by atoms with Gasteiger partial charge in [0.05, 0.1) is 29.9 Å². The number of hydrogen-bond acceptors (Lipinski definition) is 18. The van der Waals surface area contributed by atoms with Gasteiger partial charge in [-0.2, -0.15) is 0 Å². The highest BCUT2D eigenvalue weighted by Crippen LogP contribution is 2.35. The molecule has 4 fully saturated rings. The average Bonchev–Trinajstić information content (AvgIpc) is 1.10. The number of nitrogens with two attached hydrogens (primary N) is 1. The lowest BCUT2D eigenvalue weighted by molar-refractivity contribution is -0.163. The number of nitrogens with one attached hydrogen (secondary N) is 4. The van der Waals surface area contributed by atoms with E-state index in [-0.39, 0.29) is 53.9 Å². The normalized spacial score (nSPS) is 26.5. The molecule has 5 aliphatic heterocycles. The van der Waals surface area contributed by atoms with Crippen molar-refractivity contribution in [1.82, 2.24) is 55.7 Å². The molecule has 2 unspecified atom stereocenters. The van der Waals surface area contributed by atoms with Crippen molar-refractivity contribution >= 4 is 87.8 Å². The van der Waals surface area contributed by atoms with Crippen LogP contribution in [-0.4, -0.2) is 220 Å². The van der Waals surface area contributed by atoms with Gasteiger partial charge in [-0.3, -0.25) is 52.7 Å². The number of carbonyl (C=O) groups excluding carboxylic acids is 12. The molecule has 4 saturated heterocycles. The van der Waals surface area contributed by atoms with Crippen LogP contribution < -0.4 is 32.4 Å². The van der Waals surface area contributed by atoms with Gasteiger partial charge in [-0.1, -0.05) is 74.3 Å². The number of nitrogen functional groups attached to an aromatic ring is 1. The van der Waals surface area contributed by atoms with Crippen molar-refractivity contribution in [2.45, 2.75) is 182 Å². The average molecular weight is 1280 g/mol. The third kappa shape index (κ3) is 14.2. The Hall–Kier alpha value is -8.72. The molecule has 92 heavy (non-hydrogen) atoms. The van der Waals surface area contributed by atoms with Gasteiger partial charge in [-0.05, 0) is 88.7 Å². The van der Waals surface area contributed by atoms with Gasteiger partial charge < -0.3 is 70.3 Å². The quantitative estimate of drug-likeness (QED) is 0.109. The highest BCUT2D eigenvalue weighted by Gasteiger charge is 2.47. The maximum Gasteiger partial charge on any atom is 0.329 e. The molecule has 6 aliphatic rings. The lowest BCUT2D eigenvalue weighted by Gasteiger charge is -2.36. The minimum Gasteiger partial charge on any atom is -0.458 e. The van der Waals surface area contributed by atoms with Crippen molar-refractivity contribution in [3.8, 4) is 11.5 Å². The van der Waals surface area contributed by atoms with Crippen molar-refractivity contribution in [2.24, 2.45) is 23.7 Å². The van der Waals surface area contributed by atoms with Crippen LogP contribution >= 0.6 is 0 Å². The summed E-state index contributed by atoms with van der Waals surface area (Å²) in [7, 11) is 5.61. The van der Waals surface area contributed by atoms with Crippen LogP contribution in [0.1, 0.15) is 140 Å². The van der Waals surface area contributed by atoms with E-state index in [1.54, 1.807) is 62.3 Å². The number of anilines is 1. The van der Waals surface area contributed by atoms with Gasteiger partial charge in [0.1, 0.15) is 71.8 Å². The zero-order chi connectivity index (χ0) is 68.4. The molecule has 0 aromatic heterocycles. The van der Waals surface area contributed by atoms with E-state index >= 15 is 14.4 Å². The zero-order valence-corrected chi connectivity index (χ0v) is 55.5. The molecule has 28 heteroatoms. The summed E-state index contributed by atoms with van der Waals surface area (Å²) in [6.07, 6.45) is -0.917. The molecule has 6 N–H and O–H groups in total. The number of aryl methyl sites for hydroxylation is 1. The third-order valence-corrected chi connectivity index (χ3v) is 18.6. The second-order valence-electron chi connectivity index (χ2n) is 25.8. The molecule has 502 valence electrons. The van der Waals surface area contributed by atoms with Crippen LogP contribution in [0.2, 0.25) is 0 Å². The van der Waals surface area contributed by atoms with Gasteiger partial charge in [0.25, 0.3) is 11.8 Å². The van der Waals surface area contributed by atoms with Crippen LogP contribution in [0.25, 0.3) is 22.6 Å². The lowest BCUT2D eigenvalue weighted by Crippen LogP contribution is -2.61. The second kappa shape index (κ2) is 28.8. The summed E-state index contributed by atoms with van der Waals surface area (Å²) < 4.78 is 18.4. The molecule has 1 aromatic carbocycles. The number of cyclic esters (lactones) is 2. The number of amides is 10. The standard InChI is InChI=1S/C64H90N12O16/c1-17-31(7)44-61(86)75-25-19-21-38(75)59(84)71(13)27-40(77)73(15)50(29(3)4)63(88)90-35(11)46(57(82)67-44)69-55(80)37-24-23-33(9)53-48(37)66-49-42(43(65)52(79)34(10)54(49)92-53)56(81)70-47-36(12)91-64(89)51(30(5)6)74(16)41(78)28-72(14)60(85)39-22-20-26-76(39)62(87)45(32(8)18-2)68-58(47)83/h23-24,29-32,35-36,38-39,44-47,50-51H,17-22,25-28,65H2,1-16H3,(H,67,82)(H,68,83)(H,69,80)(H,70,81)/t31?,32?,35-,36-,38+,39+,44-,45-,46+,47+,50+,51+/m1/s1. The molecule has 0 bridgehead atoms. The van der Waals surface area contributed by atoms with Gasteiger partial charge in [0, 0.05) is 46.8 Å². The van der Waals surface area contributed by atoms with Crippen LogP contribution in [0.3, 0.4) is 0 Å². The summed E-state index contributed by atoms with van der Waals surface area (Å²) in [5, 5.41) is 10.8. The van der Waals surface area contributed by atoms with Gasteiger partial charge in [-0.15, -0.1) is 0 Å². The number of ether oxygens (including phenoxy) is 2. The van der Waals surface area contributed by atoms with Crippen LogP contribution in [0, 0.1) is 37.5 Å². The first-order valence-electron chi connectivity index (χ1n) is 31.6. The van der Waals surface area contributed by atoms with Crippen LogP contribution in [0.4, 0.5) is 5.69 Å². The summed E-state index contributed by atoms with van der Waals surface area (Å²) in [6, 6.07) is -7.86. The monoisotopic (exact) mass is 1280 g/mol. The zero-order valence-electron chi connectivity index (χ0n) is 55.5. The number of benzene rings is 2. The van der Waals surface area contributed by atoms with Crippen molar-refractivity contribution in [3.63, 3.8) is 0 Å². The number of fused-ring (bicyclic) bond motifs is 4. The Kier molecular flexibility index (Phi) is 22.2. The first-order valence-corrected chi connectivity index (χ1v) is 31.6. The summed E-state index contributed by atoms with van der Waals surface area (Å²) in [6.45, 7) is 18.8. The van der Waals surface area contributed by atoms with Crippen LogP contribution in [-0.2, 0) is 57.4 Å². The van der Waals surface area contributed by atoms with E-state index in [0.29, 0.717) is 31.2 Å². The van der Waals surface area contributed by atoms with Gasteiger partial charge in [0.2, 0.25) is 52.7 Å². The fourth-order valence-electron chi connectivity index (χ4n) is 12.6. The minimum absolute atomic E-state index is 0.0732. The fourth-order valence-corrected chi connectivity index (χ4v) is 12.6. The second-order valence-corrected chi connectivity index (χ2v) is 25.8. The summed E-state index contributed by atoms with van der Waals surface area (Å²) >= 11 is 0. The van der Waals surface area contributed by atoms with Crippen LogP contribution in [0.5, 0.6) is 0 Å². The van der Waals surface area contributed by atoms with Crippen molar-refractivity contribution in [2.75, 3.05) is 60.1 Å². The number of nitrogens with zero attached hydrogens (tertiary/aromatic N) is 7. The Balaban J connectivity index is 1.33. The summed E-state index contributed by atoms with van der Waals surface area (Å²) in [4.78, 5) is 201. The molecule has 1 aromatic rings. The number of hydrogen-bond donors (Lipinski definition) is 5. The van der Waals surface area contributed by atoms with E-state index in [2.05, 4.69) is 21.3 Å². The first-order chi connectivity index (χ1) is 43.2. The van der Waals surface area contributed by atoms with E-state index < -0.39 is 191 Å². The molecule has 12 atom stereocenters. The molecule has 28 nitrogen and oxygen atoms in total. The molecule has 0 radical (unpaired) electrons. The molecular formula is C64H90N12O16. The highest BCUT2D eigenvalue weighted by atomic mass is 16.6. The smallest absolute Gasteiger partial charge is 0.329 e. The van der Waals surface area contributed by atoms with E-state index in [1.165, 1.54) is 80.7 Å². The first kappa shape index (κ1) is 70.7. The van der Waals surface area contributed by atoms with Crippen LogP contribution in [0.15, 0.2) is 21.3 Å². The molecule has 0 saturated carbocycles. The van der Waals surface area contributed by atoms with Gasteiger partial charge in [-0.25, -0.2) is 14.6 Å². The molecular weight excluding hydrogens is 1190 g/mol. The fraction of sp³-hybridized carbons (Fsp3) is 0.625. The van der Waals surface area contributed by atoms with E-state index in [9.17, 15) is 47.9 Å². The SMILES string of the molecule is CCC(C)[C@H]1NC(=O)[C@@H](NC(=O)c2c3nc4c(C(=O)N[C@@H]5C(=O)N[C@H](C(C)CC)C(=O)N6CCC[C@H]6C(=O)N(C)CC(=O)N(C)[C@@H](C(C)C)C(=O)O[C@@H]5C)ccc(C)c4oc-3c(C)c(=O)c2N)[C@@H](C)OC(=O)[C@H](C(C)C)N(C)C(=O)CN(C)C(=O)[C@@H]2CCCN2C1=O. The Labute approximate surface area is 535 Å². The van der Waals surface area contributed by atoms with Gasteiger partial charge in [0.15, 0.2) is 11.3 Å². The Morgan fingerprint density at radius 3 is 1.48 bits per heavy atom. The Morgan fingerprint density at radius 1 is 0.641 bits per heavy atom. The number of rotatable bonds is 10. The number of esters is 2. The molecule has 5 heterocycles. The molecule has 0 spiro atoms. The number of aromatic nitrogens is 1. The summed E-state index contributed by atoms with van der Waals surface area (Å²) in [5.41, 5.74) is 3.63. The number of carbonyl (C=O) groups is 12. The minimum atomic E-state index is -1.88. The maximum atomic E-state index is 15.3. The Morgan fingerprint density at radius 2 is 1.07 bits per heavy atom. The highest BCUT2D eigenvalue weighted by molar-refractivity contribution is 6.10. The predicted octanol–water partition coefficient (Wildman–Crippen LogP) is 1.51. The molecule has 1 aliphatic carbocycles. The van der Waals surface area contributed by atoms with Crippen molar-refractivity contribution < 1.29 is 71.4 Å². The Bertz CT molecular complexity index is 3460. The molecule has 10 amide bonds. The third-order valence-electron chi connectivity index (χ3n) is 18.6. The van der Waals surface area contributed by atoms with Crippen molar-refractivity contribution in [1.29, 1.82) is 0 Å². The topological polar surface area (TPSA) is 360 Å². The molecule has 7 rings (SSSR count). The van der Waals surface area contributed by atoms with E-state index in [4.69, 9.17) is 24.6 Å². The van der Waals surface area contributed by atoms with E-state index in [1.807, 2.05) is 0 Å². The summed E-state index contributed by atoms with van der Waals surface area (Å²) in [5.74, 6) is -12.2. The maximum absolute atomic E-state index is 15.3. The predicted molar refractivity (Wildman–Crippen MR) is 335 cm³/mol. The van der Waals surface area contributed by atoms with E-state index in [0.717, 1.165) is 9.80 Å². The lowest BCUT2D eigenvalue weighted by atomic mass is 9.96. The van der Waals surface area contributed by atoms with Gasteiger partial charge >= 0.3 is 11.9 Å². The number of likely N-dealkylation sites (N-methyl/N-ethyl adjacent to an activating group) is 4.